The minimum absolute atomic E-state index is 0.118. The fourth-order valence-electron chi connectivity index (χ4n) is 3.16. The number of nitrogens with zero attached hydrogens (tertiary/aromatic N) is 3. The van der Waals surface area contributed by atoms with Gasteiger partial charge in [0.15, 0.2) is 0 Å². The predicted molar refractivity (Wildman–Crippen MR) is 107 cm³/mol. The fourth-order valence-corrected chi connectivity index (χ4v) is 3.16. The van der Waals surface area contributed by atoms with E-state index in [1.807, 2.05) is 42.5 Å². The number of aromatic nitrogens is 2. The van der Waals surface area contributed by atoms with Gasteiger partial charge in [-0.05, 0) is 42.0 Å². The van der Waals surface area contributed by atoms with Crippen molar-refractivity contribution >= 4 is 16.8 Å². The van der Waals surface area contributed by atoms with Gasteiger partial charge in [0.25, 0.3) is 5.91 Å². The molecule has 0 aliphatic heterocycles. The Kier molecular flexibility index (Phi) is 4.81. The molecule has 0 fully saturated rings. The number of para-hydroxylation sites is 1. The largest absolute Gasteiger partial charge is 0.337 e. The number of hydrogen-bond donors (Lipinski definition) is 0. The average molecular weight is 371 g/mol. The molecule has 0 bridgehead atoms. The summed E-state index contributed by atoms with van der Waals surface area (Å²) in [4.78, 5) is 23.7. The zero-order valence-corrected chi connectivity index (χ0v) is 15.3. The molecule has 2 aromatic heterocycles. The molecule has 0 spiro atoms. The lowest BCUT2D eigenvalue weighted by Crippen LogP contribution is -2.26. The van der Waals surface area contributed by atoms with Gasteiger partial charge in [0.05, 0.1) is 16.8 Å². The number of pyridine rings is 2. The summed E-state index contributed by atoms with van der Waals surface area (Å²) < 4.78 is 13.1. The smallest absolute Gasteiger partial charge is 0.254 e. The molecule has 4 rings (SSSR count). The molecule has 0 saturated heterocycles. The van der Waals surface area contributed by atoms with Crippen LogP contribution in [0.25, 0.3) is 22.2 Å². The first-order valence-corrected chi connectivity index (χ1v) is 8.92. The van der Waals surface area contributed by atoms with Crippen LogP contribution < -0.4 is 0 Å². The molecule has 0 radical (unpaired) electrons. The Morgan fingerprint density at radius 2 is 1.82 bits per heavy atom. The third kappa shape index (κ3) is 3.60. The lowest BCUT2D eigenvalue weighted by atomic mass is 10.0. The van der Waals surface area contributed by atoms with Crippen LogP contribution in [-0.4, -0.2) is 27.8 Å². The van der Waals surface area contributed by atoms with Crippen molar-refractivity contribution in [3.8, 4) is 11.3 Å². The summed E-state index contributed by atoms with van der Waals surface area (Å²) in [6.45, 7) is 0.387. The van der Waals surface area contributed by atoms with E-state index in [2.05, 4.69) is 9.97 Å². The van der Waals surface area contributed by atoms with Crippen LogP contribution in [0.3, 0.4) is 0 Å². The monoisotopic (exact) mass is 371 g/mol. The summed E-state index contributed by atoms with van der Waals surface area (Å²) in [7, 11) is 1.74. The summed E-state index contributed by atoms with van der Waals surface area (Å²) in [5.41, 5.74) is 3.74. The maximum absolute atomic E-state index is 13.2. The number of benzene rings is 2. The molecule has 4 aromatic rings. The van der Waals surface area contributed by atoms with Crippen molar-refractivity contribution in [2.24, 2.45) is 0 Å². The van der Waals surface area contributed by atoms with E-state index in [0.717, 1.165) is 22.0 Å². The summed E-state index contributed by atoms with van der Waals surface area (Å²) in [5.74, 6) is -0.410. The van der Waals surface area contributed by atoms with Gasteiger partial charge in [-0.3, -0.25) is 9.78 Å². The van der Waals surface area contributed by atoms with E-state index < -0.39 is 0 Å². The highest BCUT2D eigenvalue weighted by Gasteiger charge is 2.17. The van der Waals surface area contributed by atoms with Gasteiger partial charge in [-0.1, -0.05) is 30.3 Å². The number of carbonyl (C=O) groups is 1. The molecule has 28 heavy (non-hydrogen) atoms. The highest BCUT2D eigenvalue weighted by molar-refractivity contribution is 6.07. The van der Waals surface area contributed by atoms with Gasteiger partial charge in [-0.15, -0.1) is 0 Å². The molecule has 5 heteroatoms. The first kappa shape index (κ1) is 17.8. The normalized spacial score (nSPS) is 10.8. The molecule has 2 heterocycles. The fraction of sp³-hybridized carbons (Fsp3) is 0.0870. The molecule has 0 saturated carbocycles. The summed E-state index contributed by atoms with van der Waals surface area (Å²) in [5, 5.41) is 0.797. The van der Waals surface area contributed by atoms with Crippen LogP contribution in [0.4, 0.5) is 4.39 Å². The van der Waals surface area contributed by atoms with Crippen LogP contribution >= 0.6 is 0 Å². The average Bonchev–Trinajstić information content (AvgIpc) is 2.74. The Morgan fingerprint density at radius 3 is 2.57 bits per heavy atom. The maximum Gasteiger partial charge on any atom is 0.254 e. The zero-order chi connectivity index (χ0) is 19.5. The van der Waals surface area contributed by atoms with Crippen LogP contribution in [0, 0.1) is 5.82 Å². The molecule has 1 amide bonds. The van der Waals surface area contributed by atoms with Gasteiger partial charge >= 0.3 is 0 Å². The molecule has 4 nitrogen and oxygen atoms in total. The lowest BCUT2D eigenvalue weighted by molar-refractivity contribution is 0.0787. The van der Waals surface area contributed by atoms with Crippen molar-refractivity contribution in [1.82, 2.24) is 14.9 Å². The SMILES string of the molecule is CN(Cc1ccc(F)cc1)C(=O)c1cc(-c2cccnc2)nc2ccccc12. The molecule has 0 aliphatic carbocycles. The van der Waals surface area contributed by atoms with Gasteiger partial charge in [-0.25, -0.2) is 9.37 Å². The number of carbonyl (C=O) groups excluding carboxylic acids is 1. The minimum Gasteiger partial charge on any atom is -0.337 e. The summed E-state index contributed by atoms with van der Waals surface area (Å²) >= 11 is 0. The van der Waals surface area contributed by atoms with Crippen LogP contribution in [0.1, 0.15) is 15.9 Å². The van der Waals surface area contributed by atoms with Gasteiger partial charge in [-0.2, -0.15) is 0 Å². The van der Waals surface area contributed by atoms with Crippen LogP contribution in [0.2, 0.25) is 0 Å². The predicted octanol–water partition coefficient (Wildman–Crippen LogP) is 4.71. The van der Waals surface area contributed by atoms with Gasteiger partial charge in [0.2, 0.25) is 0 Å². The van der Waals surface area contributed by atoms with Gasteiger partial charge in [0, 0.05) is 36.9 Å². The van der Waals surface area contributed by atoms with E-state index in [1.54, 1.807) is 36.5 Å². The Bertz CT molecular complexity index is 1130. The van der Waals surface area contributed by atoms with E-state index in [1.165, 1.54) is 12.1 Å². The van der Waals surface area contributed by atoms with Crippen molar-refractivity contribution in [3.63, 3.8) is 0 Å². The highest BCUT2D eigenvalue weighted by atomic mass is 19.1. The van der Waals surface area contributed by atoms with E-state index in [-0.39, 0.29) is 11.7 Å². The van der Waals surface area contributed by atoms with Crippen molar-refractivity contribution in [1.29, 1.82) is 0 Å². The Hall–Kier alpha value is -3.60. The van der Waals surface area contributed by atoms with Crippen molar-refractivity contribution < 1.29 is 9.18 Å². The molecule has 0 aliphatic rings. The Labute approximate surface area is 162 Å². The number of fused-ring (bicyclic) bond motifs is 1. The summed E-state index contributed by atoms with van der Waals surface area (Å²) in [6, 6.07) is 19.3. The third-order valence-corrected chi connectivity index (χ3v) is 4.58. The molecule has 2 aromatic carbocycles. The number of hydrogen-bond acceptors (Lipinski definition) is 3. The Morgan fingerprint density at radius 1 is 1.04 bits per heavy atom. The van der Waals surface area contributed by atoms with Crippen molar-refractivity contribution in [3.05, 3.63) is 96.1 Å². The van der Waals surface area contributed by atoms with E-state index in [4.69, 9.17) is 0 Å². The quantitative estimate of drug-likeness (QED) is 0.522. The maximum atomic E-state index is 13.2. The standard InChI is InChI=1S/C23H18FN3O/c1-27(15-16-8-10-18(24)11-9-16)23(28)20-13-22(17-5-4-12-25-14-17)26-21-7-3-2-6-19(20)21/h2-14H,15H2,1H3. The first-order valence-electron chi connectivity index (χ1n) is 8.92. The number of rotatable bonds is 4. The van der Waals surface area contributed by atoms with E-state index in [9.17, 15) is 9.18 Å². The second-order valence-electron chi connectivity index (χ2n) is 6.60. The lowest BCUT2D eigenvalue weighted by Gasteiger charge is -2.19. The van der Waals surface area contributed by atoms with Crippen LogP contribution in [0.15, 0.2) is 79.1 Å². The molecular formula is C23H18FN3O. The first-order chi connectivity index (χ1) is 13.6. The summed E-state index contributed by atoms with van der Waals surface area (Å²) in [6.07, 6.45) is 3.43. The van der Waals surface area contributed by atoms with Gasteiger partial charge < -0.3 is 4.90 Å². The zero-order valence-electron chi connectivity index (χ0n) is 15.3. The van der Waals surface area contributed by atoms with Crippen molar-refractivity contribution in [2.75, 3.05) is 7.05 Å². The molecule has 138 valence electrons. The molecule has 0 atom stereocenters. The Balaban J connectivity index is 1.73. The second-order valence-corrected chi connectivity index (χ2v) is 6.60. The highest BCUT2D eigenvalue weighted by Crippen LogP contribution is 2.25. The molecule has 0 unspecified atom stereocenters. The number of halogens is 1. The minimum atomic E-state index is -0.293. The molecule has 0 N–H and O–H groups in total. The van der Waals surface area contributed by atoms with E-state index in [0.29, 0.717) is 17.8 Å². The van der Waals surface area contributed by atoms with Crippen LogP contribution in [0.5, 0.6) is 0 Å². The van der Waals surface area contributed by atoms with Crippen molar-refractivity contribution in [2.45, 2.75) is 6.54 Å². The molecular weight excluding hydrogens is 353 g/mol. The van der Waals surface area contributed by atoms with Gasteiger partial charge in [0.1, 0.15) is 5.82 Å². The third-order valence-electron chi connectivity index (χ3n) is 4.58. The van der Waals surface area contributed by atoms with E-state index >= 15 is 0 Å². The van der Waals surface area contributed by atoms with Crippen LogP contribution in [-0.2, 0) is 6.54 Å². The second kappa shape index (κ2) is 7.56. The topological polar surface area (TPSA) is 46.1 Å². The number of amides is 1.